The maximum atomic E-state index is 11.4. The fourth-order valence-electron chi connectivity index (χ4n) is 3.17. The first-order chi connectivity index (χ1) is 11.9. The highest BCUT2D eigenvalue weighted by atomic mass is 32.2. The molecule has 8 heteroatoms. The van der Waals surface area contributed by atoms with Gasteiger partial charge in [0.2, 0.25) is 10.0 Å². The summed E-state index contributed by atoms with van der Waals surface area (Å²) in [5.41, 5.74) is 1.05. The van der Waals surface area contributed by atoms with Crippen molar-refractivity contribution in [2.45, 2.75) is 23.8 Å². The summed E-state index contributed by atoms with van der Waals surface area (Å²) in [7, 11) is -0.488. The summed E-state index contributed by atoms with van der Waals surface area (Å²) in [5, 5.41) is 5.13. The average molecular weight is 363 g/mol. The Morgan fingerprint density at radius 1 is 1.20 bits per heavy atom. The number of aromatic nitrogens is 1. The van der Waals surface area contributed by atoms with Crippen LogP contribution in [0.2, 0.25) is 0 Å². The molecule has 0 spiro atoms. The summed E-state index contributed by atoms with van der Waals surface area (Å²) in [4.78, 5) is 6.45. The Balaban J connectivity index is 1.93. The fourth-order valence-corrected chi connectivity index (χ4v) is 3.63. The molecule has 1 aromatic heterocycles. The van der Waals surface area contributed by atoms with E-state index in [9.17, 15) is 8.42 Å². The van der Waals surface area contributed by atoms with Crippen LogP contribution in [0.15, 0.2) is 41.4 Å². The molecule has 0 amide bonds. The van der Waals surface area contributed by atoms with Crippen LogP contribution in [0.3, 0.4) is 0 Å². The minimum Gasteiger partial charge on any atom is -0.497 e. The summed E-state index contributed by atoms with van der Waals surface area (Å²) in [6.07, 6.45) is 3.27. The van der Waals surface area contributed by atoms with Crippen molar-refractivity contribution in [2.75, 3.05) is 25.7 Å². The van der Waals surface area contributed by atoms with Gasteiger partial charge in [-0.25, -0.2) is 18.5 Å². The van der Waals surface area contributed by atoms with E-state index in [1.165, 1.54) is 12.3 Å². The zero-order valence-electron chi connectivity index (χ0n) is 14.2. The zero-order valence-corrected chi connectivity index (χ0v) is 15.0. The second-order valence-corrected chi connectivity index (χ2v) is 7.42. The molecule has 0 radical (unpaired) electrons. The van der Waals surface area contributed by atoms with Crippen LogP contribution in [-0.4, -0.2) is 34.2 Å². The monoisotopic (exact) mass is 363 g/mol. The molecule has 0 bridgehead atoms. The van der Waals surface area contributed by atoms with Gasteiger partial charge >= 0.3 is 0 Å². The largest absolute Gasteiger partial charge is 0.497 e. The molecule has 1 fully saturated rings. The standard InChI is InChI=1S/C17H21N3O4S/c1-23-12-5-7-14(16(10-12)24-2)15-4-3-9-20(15)17-8-6-13(11-19-17)25(18,21)22/h5-8,10-11,15H,3-4,9H2,1-2H3,(H2,18,21,22)/t15-/m1/s1. The number of nitrogens with zero attached hydrogens (tertiary/aromatic N) is 2. The van der Waals surface area contributed by atoms with E-state index in [2.05, 4.69) is 9.88 Å². The number of pyridine rings is 1. The lowest BCUT2D eigenvalue weighted by Crippen LogP contribution is -2.24. The SMILES string of the molecule is COc1ccc([C@H]2CCCN2c2ccc(S(N)(=O)=O)cn2)c(OC)c1. The highest BCUT2D eigenvalue weighted by Crippen LogP contribution is 2.40. The number of ether oxygens (including phenoxy) is 2. The zero-order chi connectivity index (χ0) is 18.0. The van der Waals surface area contributed by atoms with E-state index in [1.54, 1.807) is 20.3 Å². The van der Waals surface area contributed by atoms with Crippen molar-refractivity contribution in [1.82, 2.24) is 4.98 Å². The third-order valence-corrected chi connectivity index (χ3v) is 5.29. The van der Waals surface area contributed by atoms with Crippen molar-refractivity contribution < 1.29 is 17.9 Å². The van der Waals surface area contributed by atoms with Gasteiger partial charge in [0, 0.05) is 24.4 Å². The number of primary sulfonamides is 1. The second-order valence-electron chi connectivity index (χ2n) is 5.86. The van der Waals surface area contributed by atoms with Crippen molar-refractivity contribution in [1.29, 1.82) is 0 Å². The summed E-state index contributed by atoms with van der Waals surface area (Å²) < 4.78 is 33.6. The Bertz CT molecular complexity index is 853. The van der Waals surface area contributed by atoms with E-state index in [-0.39, 0.29) is 10.9 Å². The van der Waals surface area contributed by atoms with Gasteiger partial charge < -0.3 is 14.4 Å². The number of anilines is 1. The lowest BCUT2D eigenvalue weighted by Gasteiger charge is -2.27. The lowest BCUT2D eigenvalue weighted by atomic mass is 10.0. The molecule has 2 aromatic rings. The van der Waals surface area contributed by atoms with Crippen LogP contribution in [0.4, 0.5) is 5.82 Å². The maximum Gasteiger partial charge on any atom is 0.239 e. The Labute approximate surface area is 147 Å². The van der Waals surface area contributed by atoms with Crippen LogP contribution < -0.4 is 19.5 Å². The third-order valence-electron chi connectivity index (χ3n) is 4.40. The van der Waals surface area contributed by atoms with Crippen molar-refractivity contribution in [3.05, 3.63) is 42.1 Å². The molecule has 0 aliphatic carbocycles. The van der Waals surface area contributed by atoms with Crippen LogP contribution in [0.25, 0.3) is 0 Å². The van der Waals surface area contributed by atoms with Gasteiger partial charge in [-0.05, 0) is 37.1 Å². The van der Waals surface area contributed by atoms with Crippen LogP contribution in [0.1, 0.15) is 24.4 Å². The quantitative estimate of drug-likeness (QED) is 0.874. The first-order valence-electron chi connectivity index (χ1n) is 7.91. The summed E-state index contributed by atoms with van der Waals surface area (Å²) >= 11 is 0. The van der Waals surface area contributed by atoms with Crippen LogP contribution in [0, 0.1) is 0 Å². The molecule has 1 aliphatic heterocycles. The predicted octanol–water partition coefficient (Wildman–Crippen LogP) is 2.09. The van der Waals surface area contributed by atoms with Crippen molar-refractivity contribution >= 4 is 15.8 Å². The van der Waals surface area contributed by atoms with Gasteiger partial charge in [0.05, 0.1) is 20.3 Å². The Morgan fingerprint density at radius 2 is 2.00 bits per heavy atom. The van der Waals surface area contributed by atoms with E-state index in [0.29, 0.717) is 5.82 Å². The molecular formula is C17H21N3O4S. The van der Waals surface area contributed by atoms with Gasteiger partial charge in [0.25, 0.3) is 0 Å². The van der Waals surface area contributed by atoms with E-state index in [1.807, 2.05) is 18.2 Å². The van der Waals surface area contributed by atoms with Crippen LogP contribution in [-0.2, 0) is 10.0 Å². The highest BCUT2D eigenvalue weighted by Gasteiger charge is 2.29. The molecule has 2 heterocycles. The number of benzene rings is 1. The number of methoxy groups -OCH3 is 2. The number of hydrogen-bond acceptors (Lipinski definition) is 6. The summed E-state index contributed by atoms with van der Waals surface area (Å²) in [6.45, 7) is 0.835. The van der Waals surface area contributed by atoms with Gasteiger partial charge in [0.15, 0.2) is 0 Å². The molecule has 1 saturated heterocycles. The molecule has 3 rings (SSSR count). The average Bonchev–Trinajstić information content (AvgIpc) is 3.10. The first-order valence-corrected chi connectivity index (χ1v) is 9.46. The molecule has 25 heavy (non-hydrogen) atoms. The van der Waals surface area contributed by atoms with E-state index >= 15 is 0 Å². The van der Waals surface area contributed by atoms with Crippen molar-refractivity contribution in [2.24, 2.45) is 5.14 Å². The van der Waals surface area contributed by atoms with Gasteiger partial charge in [0.1, 0.15) is 22.2 Å². The van der Waals surface area contributed by atoms with Crippen molar-refractivity contribution in [3.8, 4) is 11.5 Å². The van der Waals surface area contributed by atoms with Crippen molar-refractivity contribution in [3.63, 3.8) is 0 Å². The Hall–Kier alpha value is -2.32. The summed E-state index contributed by atoms with van der Waals surface area (Å²) in [5.74, 6) is 2.21. The Morgan fingerprint density at radius 3 is 2.60 bits per heavy atom. The number of rotatable bonds is 5. The normalized spacial score (nSPS) is 17.6. The predicted molar refractivity (Wildman–Crippen MR) is 94.5 cm³/mol. The highest BCUT2D eigenvalue weighted by molar-refractivity contribution is 7.89. The summed E-state index contributed by atoms with van der Waals surface area (Å²) in [6, 6.07) is 9.05. The molecule has 7 nitrogen and oxygen atoms in total. The van der Waals surface area contributed by atoms with E-state index in [4.69, 9.17) is 14.6 Å². The molecule has 0 unspecified atom stereocenters. The molecule has 2 N–H and O–H groups in total. The minimum atomic E-state index is -3.74. The second kappa shape index (κ2) is 6.89. The number of nitrogens with two attached hydrogens (primary N) is 1. The van der Waals surface area contributed by atoms with Gasteiger partial charge in [-0.3, -0.25) is 0 Å². The van der Waals surface area contributed by atoms with Crippen LogP contribution >= 0.6 is 0 Å². The molecule has 1 aliphatic rings. The maximum absolute atomic E-state index is 11.4. The number of sulfonamides is 1. The third kappa shape index (κ3) is 3.54. The molecule has 1 atom stereocenters. The first kappa shape index (κ1) is 17.5. The van der Waals surface area contributed by atoms with Gasteiger partial charge in [-0.15, -0.1) is 0 Å². The van der Waals surface area contributed by atoms with Crippen LogP contribution in [0.5, 0.6) is 11.5 Å². The van der Waals surface area contributed by atoms with E-state index < -0.39 is 10.0 Å². The minimum absolute atomic E-state index is 0.00836. The smallest absolute Gasteiger partial charge is 0.239 e. The Kier molecular flexibility index (Phi) is 4.82. The fraction of sp³-hybridized carbons (Fsp3) is 0.353. The molecule has 0 saturated carbocycles. The molecule has 1 aromatic carbocycles. The molecule has 134 valence electrons. The van der Waals surface area contributed by atoms with Gasteiger partial charge in [-0.2, -0.15) is 0 Å². The lowest BCUT2D eigenvalue weighted by molar-refractivity contribution is 0.388. The molecular weight excluding hydrogens is 342 g/mol. The van der Waals surface area contributed by atoms with Gasteiger partial charge in [-0.1, -0.05) is 0 Å². The van der Waals surface area contributed by atoms with E-state index in [0.717, 1.165) is 36.4 Å². The topological polar surface area (TPSA) is 94.8 Å². The number of hydrogen-bond donors (Lipinski definition) is 1.